The number of carbonyl (C=O) groups is 2. The van der Waals surface area contributed by atoms with Gasteiger partial charge >= 0.3 is 6.03 Å². The Balaban J connectivity index is 1.16. The molecule has 2 aromatic heterocycles. The average Bonchev–Trinajstić information content (AvgIpc) is 3.45. The zero-order valence-electron chi connectivity index (χ0n) is 25.1. The SMILES string of the molecule is O=C(Nc1ccc(CN2CCCCC2)cc1)c1sc2ncnc3c2c1NC(=O)N3c1cc(OCc2cccc(F)c2)c(Cl)cc1CI. The summed E-state index contributed by atoms with van der Waals surface area (Å²) in [5.74, 6) is -0.0398. The molecule has 5 aromatic rings. The van der Waals surface area contributed by atoms with E-state index in [0.717, 1.165) is 25.2 Å². The van der Waals surface area contributed by atoms with Crippen LogP contribution < -0.4 is 20.3 Å². The van der Waals surface area contributed by atoms with E-state index in [2.05, 4.69) is 48.1 Å². The molecule has 0 bridgehead atoms. The van der Waals surface area contributed by atoms with Crippen LogP contribution in [0.2, 0.25) is 5.02 Å². The molecule has 2 aliphatic rings. The van der Waals surface area contributed by atoms with Crippen LogP contribution >= 0.6 is 45.5 Å². The lowest BCUT2D eigenvalue weighted by Crippen LogP contribution is -2.35. The smallest absolute Gasteiger partial charge is 0.332 e. The van der Waals surface area contributed by atoms with Gasteiger partial charge in [-0.2, -0.15) is 0 Å². The zero-order chi connectivity index (χ0) is 32.5. The van der Waals surface area contributed by atoms with Crippen molar-refractivity contribution in [1.29, 1.82) is 0 Å². The first-order chi connectivity index (χ1) is 22.9. The van der Waals surface area contributed by atoms with Crippen molar-refractivity contribution in [1.82, 2.24) is 14.9 Å². The third kappa shape index (κ3) is 6.64. The molecule has 0 atom stereocenters. The summed E-state index contributed by atoms with van der Waals surface area (Å²) in [5.41, 5.74) is 4.16. The van der Waals surface area contributed by atoms with Crippen molar-refractivity contribution in [2.45, 2.75) is 36.8 Å². The van der Waals surface area contributed by atoms with Crippen molar-refractivity contribution in [2.24, 2.45) is 0 Å². The molecule has 0 saturated carbocycles. The van der Waals surface area contributed by atoms with Gasteiger partial charge in [-0.3, -0.25) is 9.69 Å². The highest BCUT2D eigenvalue weighted by Gasteiger charge is 2.35. The summed E-state index contributed by atoms with van der Waals surface area (Å²) in [5, 5.41) is 6.83. The fourth-order valence-corrected chi connectivity index (χ4v) is 7.74. The van der Waals surface area contributed by atoms with Gasteiger partial charge in [-0.05, 0) is 73.0 Å². The Morgan fingerprint density at radius 2 is 1.87 bits per heavy atom. The number of aromatic nitrogens is 2. The Kier molecular flexibility index (Phi) is 9.26. The number of nitrogens with one attached hydrogen (secondary N) is 2. The normalized spacial score (nSPS) is 14.7. The molecular weight excluding hydrogens is 754 g/mol. The van der Waals surface area contributed by atoms with Gasteiger partial charge in [0, 0.05) is 22.7 Å². The van der Waals surface area contributed by atoms with Crippen LogP contribution in [0.5, 0.6) is 5.75 Å². The maximum Gasteiger partial charge on any atom is 0.332 e. The molecule has 13 heteroatoms. The van der Waals surface area contributed by atoms with Crippen molar-refractivity contribution >= 4 is 90.6 Å². The molecule has 0 aliphatic carbocycles. The highest BCUT2D eigenvalue weighted by atomic mass is 127. The molecule has 1 saturated heterocycles. The lowest BCUT2D eigenvalue weighted by atomic mass is 10.1. The van der Waals surface area contributed by atoms with E-state index in [4.69, 9.17) is 16.3 Å². The van der Waals surface area contributed by atoms with Crippen LogP contribution in [-0.4, -0.2) is 39.9 Å². The highest BCUT2D eigenvalue weighted by molar-refractivity contribution is 14.1. The molecular formula is C34H29ClFIN6O3S. The molecule has 2 N–H and O–H groups in total. The van der Waals surface area contributed by atoms with Gasteiger partial charge in [-0.15, -0.1) is 11.3 Å². The van der Waals surface area contributed by atoms with Crippen LogP contribution in [-0.2, 0) is 17.6 Å². The zero-order valence-corrected chi connectivity index (χ0v) is 28.8. The molecule has 7 rings (SSSR count). The number of piperidine rings is 1. The van der Waals surface area contributed by atoms with Gasteiger partial charge in [-0.1, -0.05) is 64.9 Å². The van der Waals surface area contributed by atoms with Crippen LogP contribution in [0.4, 0.5) is 32.1 Å². The Bertz CT molecular complexity index is 1990. The summed E-state index contributed by atoms with van der Waals surface area (Å²) < 4.78 is 20.2. The Hall–Kier alpha value is -3.85. The summed E-state index contributed by atoms with van der Waals surface area (Å²) in [6.45, 7) is 3.21. The molecule has 0 spiro atoms. The fraction of sp³-hybridized carbons (Fsp3) is 0.235. The van der Waals surface area contributed by atoms with Gasteiger partial charge in [-0.25, -0.2) is 24.1 Å². The largest absolute Gasteiger partial charge is 0.487 e. The average molecular weight is 783 g/mol. The number of likely N-dealkylation sites (tertiary alicyclic amines) is 1. The maximum absolute atomic E-state index is 13.8. The quantitative estimate of drug-likeness (QED) is 0.115. The van der Waals surface area contributed by atoms with E-state index in [0.29, 0.717) is 58.7 Å². The summed E-state index contributed by atoms with van der Waals surface area (Å²) in [7, 11) is 0. The molecule has 0 unspecified atom stereocenters. The number of urea groups is 1. The lowest BCUT2D eigenvalue weighted by Gasteiger charge is -2.29. The molecule has 3 amide bonds. The molecule has 1 fully saturated rings. The first-order valence-corrected chi connectivity index (χ1v) is 17.9. The van der Waals surface area contributed by atoms with E-state index in [1.807, 2.05) is 24.3 Å². The number of thiophene rings is 1. The molecule has 47 heavy (non-hydrogen) atoms. The van der Waals surface area contributed by atoms with Gasteiger partial charge in [0.25, 0.3) is 5.91 Å². The van der Waals surface area contributed by atoms with Crippen molar-refractivity contribution in [3.63, 3.8) is 0 Å². The van der Waals surface area contributed by atoms with Crippen LogP contribution in [0.3, 0.4) is 0 Å². The van der Waals surface area contributed by atoms with Gasteiger partial charge in [0.05, 0.1) is 21.8 Å². The first-order valence-electron chi connectivity index (χ1n) is 15.1. The minimum absolute atomic E-state index is 0.0821. The molecule has 240 valence electrons. The molecule has 2 aliphatic heterocycles. The van der Waals surface area contributed by atoms with Gasteiger partial charge in [0.1, 0.15) is 34.2 Å². The Labute approximate surface area is 293 Å². The standard InChI is InChI=1S/C34H29ClFIN6O3S/c35-25-14-22(16-37)26(15-27(25)46-18-21-5-4-6-23(36)13-21)43-31-28-29(41-34(43)45)30(47-33(28)39-19-38-31)32(44)40-24-9-7-20(8-10-24)17-42-11-2-1-3-12-42/h4-10,13-15,19H,1-3,11-12,16-18H2,(H,40,44)(H,41,45). The number of nitrogens with zero attached hydrogens (tertiary/aromatic N) is 4. The molecule has 4 heterocycles. The van der Waals surface area contributed by atoms with E-state index < -0.39 is 6.03 Å². The van der Waals surface area contributed by atoms with E-state index in [1.54, 1.807) is 24.3 Å². The number of alkyl halides is 1. The molecule has 0 radical (unpaired) electrons. The summed E-state index contributed by atoms with van der Waals surface area (Å²) >= 11 is 9.97. The monoisotopic (exact) mass is 782 g/mol. The molecule has 9 nitrogen and oxygen atoms in total. The van der Waals surface area contributed by atoms with Crippen molar-refractivity contribution in [2.75, 3.05) is 28.6 Å². The number of benzene rings is 3. The van der Waals surface area contributed by atoms with Crippen LogP contribution in [0.25, 0.3) is 10.2 Å². The number of ether oxygens (including phenoxy) is 1. The predicted octanol–water partition coefficient (Wildman–Crippen LogP) is 8.92. The summed E-state index contributed by atoms with van der Waals surface area (Å²) in [4.78, 5) is 41.1. The maximum atomic E-state index is 13.8. The number of amides is 3. The van der Waals surface area contributed by atoms with E-state index in [1.165, 1.54) is 59.5 Å². The second kappa shape index (κ2) is 13.7. The number of anilines is 4. The number of carbonyl (C=O) groups excluding carboxylic acids is 2. The third-order valence-electron chi connectivity index (χ3n) is 8.19. The number of hydrogen-bond donors (Lipinski definition) is 2. The highest BCUT2D eigenvalue weighted by Crippen LogP contribution is 2.47. The predicted molar refractivity (Wildman–Crippen MR) is 192 cm³/mol. The summed E-state index contributed by atoms with van der Waals surface area (Å²) in [6.07, 6.45) is 5.15. The van der Waals surface area contributed by atoms with Crippen molar-refractivity contribution in [3.05, 3.63) is 99.4 Å². The van der Waals surface area contributed by atoms with E-state index >= 15 is 0 Å². The minimum atomic E-state index is -0.489. The first kappa shape index (κ1) is 31.7. The molecule has 3 aromatic carbocycles. The van der Waals surface area contributed by atoms with Crippen molar-refractivity contribution < 1.29 is 18.7 Å². The van der Waals surface area contributed by atoms with Gasteiger partial charge in [0.15, 0.2) is 5.82 Å². The minimum Gasteiger partial charge on any atom is -0.487 e. The second-order valence-corrected chi connectivity index (χ2v) is 13.6. The Morgan fingerprint density at radius 1 is 1.06 bits per heavy atom. The topological polar surface area (TPSA) is 99.7 Å². The van der Waals surface area contributed by atoms with Crippen LogP contribution in [0.15, 0.2) is 67.0 Å². The number of halogens is 3. The third-order valence-corrected chi connectivity index (χ3v) is 10.4. The Morgan fingerprint density at radius 3 is 2.64 bits per heavy atom. The number of rotatable bonds is 9. The lowest BCUT2D eigenvalue weighted by molar-refractivity contribution is 0.103. The second-order valence-electron chi connectivity index (χ2n) is 11.4. The van der Waals surface area contributed by atoms with Crippen molar-refractivity contribution in [3.8, 4) is 5.75 Å². The summed E-state index contributed by atoms with van der Waals surface area (Å²) in [6, 6.07) is 16.9. The van der Waals surface area contributed by atoms with Crippen LogP contribution in [0.1, 0.15) is 45.6 Å². The van der Waals surface area contributed by atoms with E-state index in [-0.39, 0.29) is 18.3 Å². The van der Waals surface area contributed by atoms with Gasteiger partial charge < -0.3 is 15.4 Å². The number of hydrogen-bond acceptors (Lipinski definition) is 7. The fourth-order valence-electron chi connectivity index (χ4n) is 5.90. The van der Waals surface area contributed by atoms with E-state index in [9.17, 15) is 14.0 Å². The van der Waals surface area contributed by atoms with Crippen LogP contribution in [0, 0.1) is 5.82 Å². The van der Waals surface area contributed by atoms with Gasteiger partial charge in [0.2, 0.25) is 0 Å².